The zero-order valence-corrected chi connectivity index (χ0v) is 10.6. The smallest absolute Gasteiger partial charge is 0.339 e. The predicted octanol–water partition coefficient (Wildman–Crippen LogP) is 1.18. The molecule has 2 N–H and O–H groups in total. The molecule has 0 aliphatic carbocycles. The first-order valence-electron chi connectivity index (χ1n) is 6.54. The van der Waals surface area contributed by atoms with Crippen molar-refractivity contribution in [2.75, 3.05) is 19.8 Å². The number of aliphatic hydroxyl groups is 1. The second kappa shape index (κ2) is 4.74. The lowest BCUT2D eigenvalue weighted by atomic mass is 9.92. The van der Waals surface area contributed by atoms with Crippen LogP contribution in [0.3, 0.4) is 0 Å². The van der Waals surface area contributed by atoms with Crippen LogP contribution in [0.5, 0.6) is 11.5 Å². The Morgan fingerprint density at radius 2 is 1.79 bits per heavy atom. The number of rotatable bonds is 4. The van der Waals surface area contributed by atoms with Crippen LogP contribution in [0, 0.1) is 0 Å². The van der Waals surface area contributed by atoms with E-state index in [0.29, 0.717) is 44.6 Å². The summed E-state index contributed by atoms with van der Waals surface area (Å²) in [5.74, 6) is 0.286. The van der Waals surface area contributed by atoms with Crippen LogP contribution in [0.2, 0.25) is 0 Å². The molecule has 0 radical (unpaired) electrons. The molecule has 0 atom stereocenters. The Hall–Kier alpha value is -1.75. The Kier molecular flexibility index (Phi) is 3.06. The molecule has 2 aliphatic heterocycles. The van der Waals surface area contributed by atoms with Gasteiger partial charge in [0.15, 0.2) is 0 Å². The number of hydrogen-bond acceptors (Lipinski definition) is 4. The van der Waals surface area contributed by atoms with Crippen LogP contribution in [0.25, 0.3) is 0 Å². The molecule has 0 aromatic heterocycles. The molecule has 1 aromatic rings. The third-order valence-corrected chi connectivity index (χ3v) is 3.71. The zero-order valence-electron chi connectivity index (χ0n) is 10.6. The van der Waals surface area contributed by atoms with Crippen molar-refractivity contribution in [3.05, 3.63) is 22.3 Å². The van der Waals surface area contributed by atoms with Gasteiger partial charge < -0.3 is 19.7 Å². The third kappa shape index (κ3) is 1.85. The lowest BCUT2D eigenvalue weighted by Crippen LogP contribution is -2.07. The summed E-state index contributed by atoms with van der Waals surface area (Å²) < 4.78 is 11.2. The highest BCUT2D eigenvalue weighted by Gasteiger charge is 2.33. The SMILES string of the molecule is O=C(O)c1c2c(c(CCCO)c3c1OCC3)OCC2. The number of aliphatic hydroxyl groups excluding tert-OH is 1. The minimum absolute atomic E-state index is 0.116. The summed E-state index contributed by atoms with van der Waals surface area (Å²) in [6, 6.07) is 0. The quantitative estimate of drug-likeness (QED) is 0.854. The molecule has 1 aromatic carbocycles. The van der Waals surface area contributed by atoms with Crippen molar-refractivity contribution in [3.63, 3.8) is 0 Å². The van der Waals surface area contributed by atoms with E-state index in [9.17, 15) is 9.90 Å². The molecule has 5 nitrogen and oxygen atoms in total. The van der Waals surface area contributed by atoms with Gasteiger partial charge >= 0.3 is 5.97 Å². The van der Waals surface area contributed by atoms with E-state index in [1.54, 1.807) is 0 Å². The lowest BCUT2D eigenvalue weighted by molar-refractivity contribution is 0.0692. The molecule has 3 rings (SSSR count). The fourth-order valence-electron chi connectivity index (χ4n) is 2.95. The molecule has 0 spiro atoms. The van der Waals surface area contributed by atoms with Crippen LogP contribution < -0.4 is 9.47 Å². The van der Waals surface area contributed by atoms with Crippen LogP contribution in [0.4, 0.5) is 0 Å². The number of ether oxygens (including phenoxy) is 2. The summed E-state index contributed by atoms with van der Waals surface area (Å²) in [7, 11) is 0. The summed E-state index contributed by atoms with van der Waals surface area (Å²) in [5.41, 5.74) is 3.00. The molecule has 2 heterocycles. The Bertz CT molecular complexity index is 500. The average Bonchev–Trinajstić information content (AvgIpc) is 3.01. The predicted molar refractivity (Wildman–Crippen MR) is 67.2 cm³/mol. The monoisotopic (exact) mass is 264 g/mol. The first-order chi connectivity index (χ1) is 9.24. The summed E-state index contributed by atoms with van der Waals surface area (Å²) in [4.78, 5) is 11.5. The van der Waals surface area contributed by atoms with Gasteiger partial charge in [-0.25, -0.2) is 4.79 Å². The maximum Gasteiger partial charge on any atom is 0.339 e. The second-order valence-corrected chi connectivity index (χ2v) is 4.80. The lowest BCUT2D eigenvalue weighted by Gasteiger charge is -2.15. The van der Waals surface area contributed by atoms with Crippen molar-refractivity contribution in [3.8, 4) is 11.5 Å². The fourth-order valence-corrected chi connectivity index (χ4v) is 2.95. The van der Waals surface area contributed by atoms with Gasteiger partial charge in [0, 0.05) is 36.1 Å². The Balaban J connectivity index is 2.19. The molecule has 2 aliphatic rings. The second-order valence-electron chi connectivity index (χ2n) is 4.80. The number of carboxylic acid groups (broad SMARTS) is 1. The number of benzene rings is 1. The summed E-state index contributed by atoms with van der Waals surface area (Å²) in [6.07, 6.45) is 2.67. The molecule has 0 saturated heterocycles. The summed E-state index contributed by atoms with van der Waals surface area (Å²) in [5, 5.41) is 18.4. The van der Waals surface area contributed by atoms with Gasteiger partial charge in [0.05, 0.1) is 13.2 Å². The molecular weight excluding hydrogens is 248 g/mol. The van der Waals surface area contributed by atoms with Gasteiger partial charge in [-0.05, 0) is 12.8 Å². The molecule has 19 heavy (non-hydrogen) atoms. The van der Waals surface area contributed by atoms with Crippen LogP contribution in [0.1, 0.15) is 33.5 Å². The Morgan fingerprint density at radius 3 is 2.47 bits per heavy atom. The van der Waals surface area contributed by atoms with Crippen LogP contribution in [0.15, 0.2) is 0 Å². The van der Waals surface area contributed by atoms with Crippen LogP contribution >= 0.6 is 0 Å². The van der Waals surface area contributed by atoms with E-state index in [2.05, 4.69) is 0 Å². The van der Waals surface area contributed by atoms with Gasteiger partial charge in [-0.3, -0.25) is 0 Å². The largest absolute Gasteiger partial charge is 0.493 e. The maximum absolute atomic E-state index is 11.5. The fraction of sp³-hybridized carbons (Fsp3) is 0.500. The number of fused-ring (bicyclic) bond motifs is 2. The molecule has 0 fully saturated rings. The van der Waals surface area contributed by atoms with Crippen molar-refractivity contribution in [1.82, 2.24) is 0 Å². The average molecular weight is 264 g/mol. The van der Waals surface area contributed by atoms with E-state index in [1.165, 1.54) is 0 Å². The van der Waals surface area contributed by atoms with Gasteiger partial charge in [-0.2, -0.15) is 0 Å². The maximum atomic E-state index is 11.5. The van der Waals surface area contributed by atoms with Crippen molar-refractivity contribution >= 4 is 5.97 Å². The van der Waals surface area contributed by atoms with E-state index in [1.807, 2.05) is 0 Å². The van der Waals surface area contributed by atoms with Crippen molar-refractivity contribution in [1.29, 1.82) is 0 Å². The topological polar surface area (TPSA) is 76.0 Å². The van der Waals surface area contributed by atoms with Crippen molar-refractivity contribution in [2.24, 2.45) is 0 Å². The van der Waals surface area contributed by atoms with Crippen LogP contribution in [-0.4, -0.2) is 36.0 Å². The molecular formula is C14H16O5. The molecule has 0 bridgehead atoms. The molecule has 0 saturated carbocycles. The molecule has 102 valence electrons. The Labute approximate surface area is 110 Å². The first kappa shape index (κ1) is 12.3. The van der Waals surface area contributed by atoms with E-state index in [4.69, 9.17) is 14.6 Å². The van der Waals surface area contributed by atoms with Gasteiger partial charge in [0.1, 0.15) is 17.1 Å². The Morgan fingerprint density at radius 1 is 1.11 bits per heavy atom. The summed E-state index contributed by atoms with van der Waals surface area (Å²) >= 11 is 0. The third-order valence-electron chi connectivity index (χ3n) is 3.71. The van der Waals surface area contributed by atoms with E-state index in [-0.39, 0.29) is 12.2 Å². The first-order valence-corrected chi connectivity index (χ1v) is 6.54. The molecule has 0 amide bonds. The van der Waals surface area contributed by atoms with E-state index >= 15 is 0 Å². The van der Waals surface area contributed by atoms with Gasteiger partial charge in [0.2, 0.25) is 0 Å². The van der Waals surface area contributed by atoms with Gasteiger partial charge in [-0.15, -0.1) is 0 Å². The standard InChI is InChI=1S/C14H16O5/c15-5-1-2-8-9-3-6-19-13(9)11(14(16)17)10-4-7-18-12(8)10/h15H,1-7H2,(H,16,17). The van der Waals surface area contributed by atoms with E-state index in [0.717, 1.165) is 22.4 Å². The highest BCUT2D eigenvalue weighted by Crippen LogP contribution is 2.44. The minimum atomic E-state index is -0.950. The van der Waals surface area contributed by atoms with Crippen LogP contribution in [-0.2, 0) is 19.3 Å². The molecule has 0 unspecified atom stereocenters. The molecule has 5 heteroatoms. The number of carboxylic acids is 1. The van der Waals surface area contributed by atoms with Gasteiger partial charge in [-0.1, -0.05) is 0 Å². The minimum Gasteiger partial charge on any atom is -0.493 e. The van der Waals surface area contributed by atoms with Gasteiger partial charge in [0.25, 0.3) is 0 Å². The normalized spacial score (nSPS) is 15.6. The number of aromatic carboxylic acids is 1. The highest BCUT2D eigenvalue weighted by atomic mass is 16.5. The summed E-state index contributed by atoms with van der Waals surface area (Å²) in [6.45, 7) is 1.15. The zero-order chi connectivity index (χ0) is 13.4. The van der Waals surface area contributed by atoms with Crippen molar-refractivity contribution in [2.45, 2.75) is 25.7 Å². The van der Waals surface area contributed by atoms with E-state index < -0.39 is 5.97 Å². The number of hydrogen-bond donors (Lipinski definition) is 2. The number of carbonyl (C=O) groups is 1. The highest BCUT2D eigenvalue weighted by molar-refractivity contribution is 5.95. The van der Waals surface area contributed by atoms with Crippen molar-refractivity contribution < 1.29 is 24.5 Å².